The maximum atomic E-state index is 5.81. The van der Waals surface area contributed by atoms with Gasteiger partial charge in [-0.15, -0.1) is 0 Å². The Morgan fingerprint density at radius 2 is 2.36 bits per heavy atom. The van der Waals surface area contributed by atoms with Crippen LogP contribution in [0.3, 0.4) is 0 Å². The van der Waals surface area contributed by atoms with Gasteiger partial charge in [-0.1, -0.05) is 0 Å². The van der Waals surface area contributed by atoms with Gasteiger partial charge in [-0.2, -0.15) is 11.8 Å². The lowest BCUT2D eigenvalue weighted by molar-refractivity contribution is 0.816. The van der Waals surface area contributed by atoms with E-state index in [0.717, 1.165) is 5.84 Å². The quantitative estimate of drug-likeness (QED) is 0.508. The largest absolute Gasteiger partial charge is 0.387 e. The van der Waals surface area contributed by atoms with E-state index in [4.69, 9.17) is 5.73 Å². The Kier molecular flexibility index (Phi) is 3.24. The summed E-state index contributed by atoms with van der Waals surface area (Å²) in [5.41, 5.74) is 5.81. The van der Waals surface area contributed by atoms with Crippen LogP contribution in [0.1, 0.15) is 26.7 Å². The summed E-state index contributed by atoms with van der Waals surface area (Å²) in [6.07, 6.45) is 2.51. The average Bonchev–Trinajstić information content (AvgIpc) is 2.35. The van der Waals surface area contributed by atoms with Crippen LogP contribution < -0.4 is 5.73 Å². The molecule has 3 heteroatoms. The first-order valence-corrected chi connectivity index (χ1v) is 5.20. The van der Waals surface area contributed by atoms with Crippen molar-refractivity contribution in [3.63, 3.8) is 0 Å². The van der Waals surface area contributed by atoms with E-state index in [0.29, 0.717) is 11.3 Å². The van der Waals surface area contributed by atoms with Gasteiger partial charge in [0.2, 0.25) is 0 Å². The molecule has 1 atom stereocenters. The summed E-state index contributed by atoms with van der Waals surface area (Å²) < 4.78 is 0. The summed E-state index contributed by atoms with van der Waals surface area (Å²) in [6.45, 7) is 4.12. The number of amidine groups is 1. The van der Waals surface area contributed by atoms with Crippen LogP contribution in [-0.4, -0.2) is 22.9 Å². The lowest BCUT2D eigenvalue weighted by Gasteiger charge is -2.08. The van der Waals surface area contributed by atoms with Crippen molar-refractivity contribution in [1.82, 2.24) is 0 Å². The predicted octanol–water partition coefficient (Wildman–Crippen LogP) is 1.65. The molecule has 0 bridgehead atoms. The number of aliphatic imine (C=N–C) groups is 1. The minimum Gasteiger partial charge on any atom is -0.387 e. The maximum Gasteiger partial charge on any atom is 0.107 e. The lowest BCUT2D eigenvalue weighted by atomic mass is 10.2. The summed E-state index contributed by atoms with van der Waals surface area (Å²) in [4.78, 5) is 4.33. The first-order chi connectivity index (χ1) is 5.20. The van der Waals surface area contributed by atoms with Crippen molar-refractivity contribution >= 4 is 17.6 Å². The monoisotopic (exact) mass is 172 g/mol. The number of hydrogen-bond acceptors (Lipinski definition) is 2. The van der Waals surface area contributed by atoms with E-state index in [1.54, 1.807) is 0 Å². The molecule has 1 fully saturated rings. The Morgan fingerprint density at radius 1 is 1.64 bits per heavy atom. The van der Waals surface area contributed by atoms with Crippen molar-refractivity contribution in [3.05, 3.63) is 0 Å². The van der Waals surface area contributed by atoms with E-state index in [2.05, 4.69) is 18.8 Å². The van der Waals surface area contributed by atoms with Gasteiger partial charge in [0.1, 0.15) is 5.84 Å². The number of hydrogen-bond donors (Lipinski definition) is 1. The molecular weight excluding hydrogens is 156 g/mol. The van der Waals surface area contributed by atoms with E-state index in [1.165, 1.54) is 18.6 Å². The Labute approximate surface area is 72.6 Å². The first-order valence-electron chi connectivity index (χ1n) is 4.15. The molecule has 11 heavy (non-hydrogen) atoms. The molecule has 0 aliphatic carbocycles. The number of nitrogens with two attached hydrogens (primary N) is 1. The summed E-state index contributed by atoms with van der Waals surface area (Å²) in [7, 11) is 0. The average molecular weight is 172 g/mol. The van der Waals surface area contributed by atoms with Crippen LogP contribution in [0.15, 0.2) is 4.99 Å². The van der Waals surface area contributed by atoms with Gasteiger partial charge in [0, 0.05) is 6.04 Å². The van der Waals surface area contributed by atoms with Gasteiger partial charge in [-0.05, 0) is 32.4 Å². The third-order valence-electron chi connectivity index (χ3n) is 1.67. The molecule has 1 aliphatic heterocycles. The summed E-state index contributed by atoms with van der Waals surface area (Å²) in [6, 6.07) is 0.344. The number of thioether (sulfide) groups is 1. The lowest BCUT2D eigenvalue weighted by Crippen LogP contribution is -2.25. The smallest absolute Gasteiger partial charge is 0.107 e. The molecule has 0 aromatic heterocycles. The first kappa shape index (κ1) is 8.91. The van der Waals surface area contributed by atoms with Crippen molar-refractivity contribution in [2.75, 3.05) is 5.75 Å². The van der Waals surface area contributed by atoms with Crippen LogP contribution in [0.2, 0.25) is 0 Å². The summed E-state index contributed by atoms with van der Waals surface area (Å²) >= 11 is 1.94. The van der Waals surface area contributed by atoms with Crippen LogP contribution >= 0.6 is 11.8 Å². The van der Waals surface area contributed by atoms with Crippen LogP contribution in [0.5, 0.6) is 0 Å². The molecule has 1 aliphatic rings. The highest BCUT2D eigenvalue weighted by molar-refractivity contribution is 8.00. The summed E-state index contributed by atoms with van der Waals surface area (Å²) in [5.74, 6) is 2.10. The molecule has 1 saturated heterocycles. The van der Waals surface area contributed by atoms with Crippen molar-refractivity contribution in [2.45, 2.75) is 38.0 Å². The van der Waals surface area contributed by atoms with Crippen LogP contribution in [0, 0.1) is 0 Å². The minimum atomic E-state index is 0.344. The standard InChI is InChI=1S/C8H16N2S/c1-6(2)10-8(9)7-4-3-5-11-7/h6-7H,3-5H2,1-2H3,(H2,9,10). The molecule has 0 aromatic carbocycles. The van der Waals surface area contributed by atoms with Crippen LogP contribution in [0.25, 0.3) is 0 Å². The molecule has 64 valence electrons. The van der Waals surface area contributed by atoms with E-state index < -0.39 is 0 Å². The van der Waals surface area contributed by atoms with E-state index in [-0.39, 0.29) is 0 Å². The summed E-state index contributed by atoms with van der Waals surface area (Å²) in [5, 5.41) is 0.511. The van der Waals surface area contributed by atoms with Gasteiger partial charge >= 0.3 is 0 Å². The second-order valence-electron chi connectivity index (χ2n) is 3.15. The Balaban J connectivity index is 2.45. The van der Waals surface area contributed by atoms with Gasteiger partial charge in [0.05, 0.1) is 5.25 Å². The molecule has 1 rings (SSSR count). The van der Waals surface area contributed by atoms with Crippen LogP contribution in [-0.2, 0) is 0 Å². The highest BCUT2D eigenvalue weighted by Gasteiger charge is 2.18. The highest BCUT2D eigenvalue weighted by atomic mass is 32.2. The second kappa shape index (κ2) is 4.00. The molecule has 0 radical (unpaired) electrons. The maximum absolute atomic E-state index is 5.81. The van der Waals surface area contributed by atoms with Crippen LogP contribution in [0.4, 0.5) is 0 Å². The molecule has 2 N–H and O–H groups in total. The van der Waals surface area contributed by atoms with Gasteiger partial charge in [-0.3, -0.25) is 4.99 Å². The Bertz CT molecular complexity index is 148. The van der Waals surface area contributed by atoms with Gasteiger partial charge in [0.15, 0.2) is 0 Å². The van der Waals surface area contributed by atoms with Gasteiger partial charge in [0.25, 0.3) is 0 Å². The fourth-order valence-corrected chi connectivity index (χ4v) is 2.37. The Morgan fingerprint density at radius 3 is 2.82 bits per heavy atom. The highest BCUT2D eigenvalue weighted by Crippen LogP contribution is 2.26. The third-order valence-corrected chi connectivity index (χ3v) is 3.07. The third kappa shape index (κ3) is 2.73. The van der Waals surface area contributed by atoms with Gasteiger partial charge < -0.3 is 5.73 Å². The number of nitrogens with zero attached hydrogens (tertiary/aromatic N) is 1. The second-order valence-corrected chi connectivity index (χ2v) is 4.46. The van der Waals surface area contributed by atoms with Crippen molar-refractivity contribution < 1.29 is 0 Å². The molecular formula is C8H16N2S. The zero-order valence-electron chi connectivity index (χ0n) is 7.21. The number of rotatable bonds is 2. The van der Waals surface area contributed by atoms with Crippen molar-refractivity contribution in [3.8, 4) is 0 Å². The van der Waals surface area contributed by atoms with Crippen molar-refractivity contribution in [1.29, 1.82) is 0 Å². The molecule has 1 heterocycles. The topological polar surface area (TPSA) is 38.4 Å². The van der Waals surface area contributed by atoms with Crippen molar-refractivity contribution in [2.24, 2.45) is 10.7 Å². The molecule has 0 aromatic rings. The molecule has 2 nitrogen and oxygen atoms in total. The zero-order chi connectivity index (χ0) is 8.27. The van der Waals surface area contributed by atoms with Gasteiger partial charge in [-0.25, -0.2) is 0 Å². The zero-order valence-corrected chi connectivity index (χ0v) is 8.03. The normalized spacial score (nSPS) is 26.5. The SMILES string of the molecule is CC(C)N=C(N)C1CCCS1. The molecule has 1 unspecified atom stereocenters. The molecule has 0 saturated carbocycles. The Hall–Kier alpha value is -0.180. The fraction of sp³-hybridized carbons (Fsp3) is 0.875. The van der Waals surface area contributed by atoms with E-state index in [9.17, 15) is 0 Å². The van der Waals surface area contributed by atoms with E-state index in [1.807, 2.05) is 11.8 Å². The minimum absolute atomic E-state index is 0.344. The molecule has 0 amide bonds. The van der Waals surface area contributed by atoms with E-state index >= 15 is 0 Å². The fourth-order valence-electron chi connectivity index (χ4n) is 1.19. The predicted molar refractivity (Wildman–Crippen MR) is 52.2 cm³/mol. The molecule has 0 spiro atoms.